The van der Waals surface area contributed by atoms with E-state index in [-0.39, 0.29) is 5.91 Å². The number of aryl methyl sites for hydroxylation is 1. The maximum Gasteiger partial charge on any atom is 0.252 e. The van der Waals surface area contributed by atoms with Crippen LogP contribution in [0.1, 0.15) is 21.5 Å². The largest absolute Gasteiger partial charge is 0.348 e. The number of fused-ring (bicyclic) bond motifs is 1. The molecule has 2 aromatic heterocycles. The quantitative estimate of drug-likeness (QED) is 0.476. The molecule has 4 aromatic rings. The Kier molecular flexibility index (Phi) is 5.17. The average Bonchev–Trinajstić information content (AvgIpc) is 2.72. The Labute approximate surface area is 171 Å². The van der Waals surface area contributed by atoms with E-state index in [1.165, 1.54) is 5.56 Å². The van der Waals surface area contributed by atoms with E-state index in [4.69, 9.17) is 4.98 Å². The lowest BCUT2D eigenvalue weighted by Gasteiger charge is -2.11. The van der Waals surface area contributed by atoms with Crippen molar-refractivity contribution in [3.05, 3.63) is 94.2 Å². The zero-order valence-corrected chi connectivity index (χ0v) is 16.9. The fourth-order valence-corrected chi connectivity index (χ4v) is 3.40. The van der Waals surface area contributed by atoms with Crippen LogP contribution < -0.4 is 5.32 Å². The minimum Gasteiger partial charge on any atom is -0.348 e. The Bertz CT molecular complexity index is 1140. The van der Waals surface area contributed by atoms with E-state index in [9.17, 15) is 4.79 Å². The van der Waals surface area contributed by atoms with Gasteiger partial charge in [0.2, 0.25) is 0 Å². The van der Waals surface area contributed by atoms with E-state index < -0.39 is 0 Å². The third-order valence-corrected chi connectivity index (χ3v) is 5.03. The molecule has 0 fully saturated rings. The molecule has 1 amide bonds. The first-order chi connectivity index (χ1) is 13.6. The number of halogens is 1. The third-order valence-electron chi connectivity index (χ3n) is 4.54. The van der Waals surface area contributed by atoms with Crippen LogP contribution in [-0.4, -0.2) is 15.9 Å². The highest BCUT2D eigenvalue weighted by atomic mass is 79.9. The van der Waals surface area contributed by atoms with Crippen LogP contribution in [0.2, 0.25) is 0 Å². The molecule has 0 unspecified atom stereocenters. The van der Waals surface area contributed by atoms with E-state index in [0.29, 0.717) is 12.1 Å². The number of nitrogens with one attached hydrogen (secondary N) is 1. The summed E-state index contributed by atoms with van der Waals surface area (Å²) in [4.78, 5) is 21.9. The molecular weight excluding hydrogens is 414 g/mol. The number of pyridine rings is 2. The first-order valence-electron chi connectivity index (χ1n) is 8.94. The SMILES string of the molecule is Cc1ccc(-c2cc(C(=O)NCc3cccnc3)c3cc(Br)ccc3n2)cc1. The second kappa shape index (κ2) is 7.90. The molecular formula is C23H18BrN3O. The van der Waals surface area contributed by atoms with Crippen molar-refractivity contribution < 1.29 is 4.79 Å². The smallest absolute Gasteiger partial charge is 0.252 e. The van der Waals surface area contributed by atoms with Gasteiger partial charge in [-0.3, -0.25) is 9.78 Å². The molecule has 4 rings (SSSR count). The first-order valence-corrected chi connectivity index (χ1v) is 9.74. The number of hydrogen-bond acceptors (Lipinski definition) is 3. The maximum absolute atomic E-state index is 13.0. The lowest BCUT2D eigenvalue weighted by atomic mass is 10.0. The number of benzene rings is 2. The molecule has 28 heavy (non-hydrogen) atoms. The van der Waals surface area contributed by atoms with Crippen LogP contribution in [0.4, 0.5) is 0 Å². The molecule has 138 valence electrons. The van der Waals surface area contributed by atoms with Gasteiger partial charge in [-0.2, -0.15) is 0 Å². The number of rotatable bonds is 4. The summed E-state index contributed by atoms with van der Waals surface area (Å²) in [5.74, 6) is -0.136. The fraction of sp³-hybridized carbons (Fsp3) is 0.0870. The molecule has 0 spiro atoms. The predicted octanol–water partition coefficient (Wildman–Crippen LogP) is 5.30. The molecule has 0 atom stereocenters. The number of nitrogens with zero attached hydrogens (tertiary/aromatic N) is 2. The van der Waals surface area contributed by atoms with Gasteiger partial charge in [-0.05, 0) is 42.8 Å². The Hall–Kier alpha value is -3.05. The molecule has 0 aliphatic rings. The highest BCUT2D eigenvalue weighted by Crippen LogP contribution is 2.27. The molecule has 4 nitrogen and oxygen atoms in total. The Morgan fingerprint density at radius 3 is 2.64 bits per heavy atom. The van der Waals surface area contributed by atoms with Crippen molar-refractivity contribution in [1.29, 1.82) is 0 Å². The second-order valence-electron chi connectivity index (χ2n) is 6.63. The lowest BCUT2D eigenvalue weighted by Crippen LogP contribution is -2.23. The molecule has 0 saturated carbocycles. The van der Waals surface area contributed by atoms with Gasteiger partial charge in [0.25, 0.3) is 5.91 Å². The van der Waals surface area contributed by atoms with Gasteiger partial charge in [0.1, 0.15) is 0 Å². The van der Waals surface area contributed by atoms with E-state index >= 15 is 0 Å². The monoisotopic (exact) mass is 431 g/mol. The van der Waals surface area contributed by atoms with Gasteiger partial charge in [-0.1, -0.05) is 51.8 Å². The molecule has 2 heterocycles. The number of carbonyl (C=O) groups is 1. The predicted molar refractivity (Wildman–Crippen MR) is 115 cm³/mol. The number of carbonyl (C=O) groups excluding carboxylic acids is 1. The van der Waals surface area contributed by atoms with Crippen LogP contribution in [0.15, 0.2) is 77.5 Å². The van der Waals surface area contributed by atoms with Crippen molar-refractivity contribution in [1.82, 2.24) is 15.3 Å². The van der Waals surface area contributed by atoms with E-state index in [1.54, 1.807) is 12.4 Å². The molecule has 0 radical (unpaired) electrons. The third kappa shape index (κ3) is 3.94. The standard InChI is InChI=1S/C23H18BrN3O/c1-15-4-6-17(7-5-15)22-12-20(19-11-18(24)8-9-21(19)27-22)23(28)26-14-16-3-2-10-25-13-16/h2-13H,14H2,1H3,(H,26,28). The maximum atomic E-state index is 13.0. The number of hydrogen-bond donors (Lipinski definition) is 1. The summed E-state index contributed by atoms with van der Waals surface area (Å²) in [5.41, 5.74) is 5.29. The van der Waals surface area contributed by atoms with Crippen molar-refractivity contribution in [3.8, 4) is 11.3 Å². The van der Waals surface area contributed by atoms with Gasteiger partial charge in [-0.15, -0.1) is 0 Å². The summed E-state index contributed by atoms with van der Waals surface area (Å²) >= 11 is 3.50. The highest BCUT2D eigenvalue weighted by Gasteiger charge is 2.14. The van der Waals surface area contributed by atoms with Crippen LogP contribution >= 0.6 is 15.9 Å². The Morgan fingerprint density at radius 1 is 1.07 bits per heavy atom. The number of aromatic nitrogens is 2. The number of amides is 1. The zero-order valence-electron chi connectivity index (χ0n) is 15.3. The summed E-state index contributed by atoms with van der Waals surface area (Å²) < 4.78 is 0.909. The Balaban J connectivity index is 1.75. The Morgan fingerprint density at radius 2 is 1.89 bits per heavy atom. The first kappa shape index (κ1) is 18.3. The summed E-state index contributed by atoms with van der Waals surface area (Å²) in [6, 6.07) is 19.6. The zero-order chi connectivity index (χ0) is 19.5. The summed E-state index contributed by atoms with van der Waals surface area (Å²) in [7, 11) is 0. The molecule has 0 aliphatic heterocycles. The van der Waals surface area contributed by atoms with Gasteiger partial charge >= 0.3 is 0 Å². The summed E-state index contributed by atoms with van der Waals surface area (Å²) in [6.45, 7) is 2.47. The van der Waals surface area contributed by atoms with Gasteiger partial charge in [0.15, 0.2) is 0 Å². The van der Waals surface area contributed by atoms with E-state index in [1.807, 2.05) is 67.6 Å². The molecule has 1 N–H and O–H groups in total. The van der Waals surface area contributed by atoms with Crippen molar-refractivity contribution in [2.45, 2.75) is 13.5 Å². The highest BCUT2D eigenvalue weighted by molar-refractivity contribution is 9.10. The van der Waals surface area contributed by atoms with Crippen LogP contribution in [0.25, 0.3) is 22.2 Å². The average molecular weight is 432 g/mol. The van der Waals surface area contributed by atoms with E-state index in [2.05, 4.69) is 26.2 Å². The van der Waals surface area contributed by atoms with Crippen LogP contribution in [0.3, 0.4) is 0 Å². The van der Waals surface area contributed by atoms with Crippen molar-refractivity contribution in [2.24, 2.45) is 0 Å². The molecule has 5 heteroatoms. The molecule has 0 saturated heterocycles. The van der Waals surface area contributed by atoms with Crippen molar-refractivity contribution >= 4 is 32.7 Å². The minimum atomic E-state index is -0.136. The van der Waals surface area contributed by atoms with Crippen molar-refractivity contribution in [2.75, 3.05) is 0 Å². The summed E-state index contributed by atoms with van der Waals surface area (Å²) in [5, 5.41) is 3.81. The molecule has 0 bridgehead atoms. The van der Waals surface area contributed by atoms with Gasteiger partial charge in [0.05, 0.1) is 16.8 Å². The van der Waals surface area contributed by atoms with Crippen LogP contribution in [0, 0.1) is 6.92 Å². The van der Waals surface area contributed by atoms with Gasteiger partial charge in [-0.25, -0.2) is 4.98 Å². The van der Waals surface area contributed by atoms with Gasteiger partial charge < -0.3 is 5.32 Å². The summed E-state index contributed by atoms with van der Waals surface area (Å²) in [6.07, 6.45) is 3.46. The van der Waals surface area contributed by atoms with Crippen LogP contribution in [0.5, 0.6) is 0 Å². The molecule has 2 aromatic carbocycles. The normalized spacial score (nSPS) is 10.8. The van der Waals surface area contributed by atoms with Crippen molar-refractivity contribution in [3.63, 3.8) is 0 Å². The van der Waals surface area contributed by atoms with E-state index in [0.717, 1.165) is 32.2 Å². The lowest BCUT2D eigenvalue weighted by molar-refractivity contribution is 0.0952. The fourth-order valence-electron chi connectivity index (χ4n) is 3.04. The topological polar surface area (TPSA) is 54.9 Å². The molecule has 0 aliphatic carbocycles. The van der Waals surface area contributed by atoms with Gasteiger partial charge in [0, 0.05) is 34.4 Å². The minimum absolute atomic E-state index is 0.136. The second-order valence-corrected chi connectivity index (χ2v) is 7.54. The van der Waals surface area contributed by atoms with Crippen LogP contribution in [-0.2, 0) is 6.54 Å².